The predicted molar refractivity (Wildman–Crippen MR) is 64.3 cm³/mol. The molecule has 0 bridgehead atoms. The second-order valence-corrected chi connectivity index (χ2v) is 3.92. The van der Waals surface area contributed by atoms with Gasteiger partial charge in [0, 0.05) is 5.57 Å². The van der Waals surface area contributed by atoms with Crippen molar-refractivity contribution in [2.75, 3.05) is 21.2 Å². The Hall–Kier alpha value is -1.57. The lowest BCUT2D eigenvalue weighted by molar-refractivity contribution is 0.337. The highest BCUT2D eigenvalue weighted by Crippen LogP contribution is 2.26. The Morgan fingerprint density at radius 1 is 1.31 bits per heavy atom. The molecule has 0 radical (unpaired) electrons. The minimum Gasteiger partial charge on any atom is -0.497 e. The fraction of sp³-hybridized carbons (Fsp3) is 0.385. The molecule has 3 nitrogen and oxygen atoms in total. The zero-order valence-corrected chi connectivity index (χ0v) is 10.2. The van der Waals surface area contributed by atoms with E-state index >= 15 is 0 Å². The first kappa shape index (κ1) is 12.5. The summed E-state index contributed by atoms with van der Waals surface area (Å²) in [6.07, 6.45) is 0. The molecule has 0 aliphatic carbocycles. The van der Waals surface area contributed by atoms with E-state index in [1.807, 2.05) is 49.2 Å². The molecule has 1 aromatic carbocycles. The third-order valence-corrected chi connectivity index (χ3v) is 2.52. The maximum absolute atomic E-state index is 10.7. The first-order valence-corrected chi connectivity index (χ1v) is 5.12. The lowest BCUT2D eigenvalue weighted by Crippen LogP contribution is -2.21. The molecule has 0 fully saturated rings. The molecule has 86 valence electrons. The molecule has 16 heavy (non-hydrogen) atoms. The summed E-state index contributed by atoms with van der Waals surface area (Å²) in [7, 11) is 5.51. The normalized spacial score (nSPS) is 12.1. The topological polar surface area (TPSA) is 29.5 Å². The molecule has 3 heteroatoms. The van der Waals surface area contributed by atoms with E-state index in [-0.39, 0.29) is 6.04 Å². The van der Waals surface area contributed by atoms with Crippen LogP contribution in [0.2, 0.25) is 0 Å². The number of carbonyl (C=O) groups excluding carboxylic acids is 1. The average Bonchev–Trinajstić information content (AvgIpc) is 2.29. The summed E-state index contributed by atoms with van der Waals surface area (Å²) < 4.78 is 5.10. The molecule has 1 atom stereocenters. The number of ether oxygens (including phenoxy) is 1. The van der Waals surface area contributed by atoms with Gasteiger partial charge in [0.05, 0.1) is 13.2 Å². The van der Waals surface area contributed by atoms with Crippen LogP contribution in [0, 0.1) is 0 Å². The Morgan fingerprint density at radius 2 is 1.88 bits per heavy atom. The molecule has 0 amide bonds. The summed E-state index contributed by atoms with van der Waals surface area (Å²) in [5.74, 6) is 2.78. The van der Waals surface area contributed by atoms with Crippen molar-refractivity contribution in [3.8, 4) is 5.75 Å². The molecule has 0 saturated carbocycles. The summed E-state index contributed by atoms with van der Waals surface area (Å²) in [6, 6.07) is 7.69. The Morgan fingerprint density at radius 3 is 2.25 bits per heavy atom. The maximum atomic E-state index is 10.7. The Bertz CT molecular complexity index is 389. The van der Waals surface area contributed by atoms with Crippen LogP contribution in [-0.4, -0.2) is 32.0 Å². The van der Waals surface area contributed by atoms with Crippen LogP contribution in [0.3, 0.4) is 0 Å². The van der Waals surface area contributed by atoms with Crippen molar-refractivity contribution in [1.82, 2.24) is 4.90 Å². The van der Waals surface area contributed by atoms with E-state index < -0.39 is 0 Å². The van der Waals surface area contributed by atoms with Crippen LogP contribution in [0.4, 0.5) is 0 Å². The highest BCUT2D eigenvalue weighted by Gasteiger charge is 2.16. The molecule has 0 aliphatic rings. The number of methoxy groups -OCH3 is 1. The van der Waals surface area contributed by atoms with E-state index in [9.17, 15) is 4.79 Å². The van der Waals surface area contributed by atoms with E-state index in [1.165, 1.54) is 0 Å². The number of rotatable bonds is 4. The van der Waals surface area contributed by atoms with Gasteiger partial charge in [-0.3, -0.25) is 4.90 Å². The van der Waals surface area contributed by atoms with Crippen molar-refractivity contribution in [2.45, 2.75) is 13.0 Å². The zero-order valence-electron chi connectivity index (χ0n) is 10.2. The number of hydrogen-bond donors (Lipinski definition) is 0. The van der Waals surface area contributed by atoms with Crippen molar-refractivity contribution in [2.24, 2.45) is 0 Å². The second-order valence-electron chi connectivity index (χ2n) is 3.92. The first-order valence-electron chi connectivity index (χ1n) is 5.12. The van der Waals surface area contributed by atoms with Crippen molar-refractivity contribution in [3.05, 3.63) is 35.4 Å². The summed E-state index contributed by atoms with van der Waals surface area (Å²) >= 11 is 0. The Labute approximate surface area is 96.3 Å². The van der Waals surface area contributed by atoms with Gasteiger partial charge in [-0.25, -0.2) is 4.79 Å². The van der Waals surface area contributed by atoms with Gasteiger partial charge < -0.3 is 4.74 Å². The number of nitrogens with zero attached hydrogens (tertiary/aromatic N) is 1. The molecule has 0 saturated heterocycles. The molecule has 0 N–H and O–H groups in total. The molecule has 0 heterocycles. The van der Waals surface area contributed by atoms with E-state index in [1.54, 1.807) is 14.0 Å². The molecule has 1 rings (SSSR count). The van der Waals surface area contributed by atoms with Gasteiger partial charge >= 0.3 is 0 Å². The van der Waals surface area contributed by atoms with E-state index in [2.05, 4.69) is 0 Å². The molecular formula is C13H17NO2. The monoisotopic (exact) mass is 219 g/mol. The lowest BCUT2D eigenvalue weighted by atomic mass is 10.00. The maximum Gasteiger partial charge on any atom is 0.125 e. The van der Waals surface area contributed by atoms with Gasteiger partial charge in [0.15, 0.2) is 0 Å². The van der Waals surface area contributed by atoms with Gasteiger partial charge in [0.2, 0.25) is 0 Å². The standard InChI is InChI=1S/C13H17NO2/c1-10(9-15)13(14(2)3)11-5-7-12(16-4)8-6-11/h5-8,13H,1-4H3. The van der Waals surface area contributed by atoms with Gasteiger partial charge in [-0.2, -0.15) is 0 Å². The molecule has 1 unspecified atom stereocenters. The Balaban J connectivity index is 3.07. The van der Waals surface area contributed by atoms with Gasteiger partial charge in [-0.15, -0.1) is 0 Å². The lowest BCUT2D eigenvalue weighted by Gasteiger charge is -2.23. The third-order valence-electron chi connectivity index (χ3n) is 2.52. The van der Waals surface area contributed by atoms with E-state index in [0.29, 0.717) is 5.57 Å². The van der Waals surface area contributed by atoms with Crippen molar-refractivity contribution >= 4 is 5.94 Å². The average molecular weight is 219 g/mol. The largest absolute Gasteiger partial charge is 0.497 e. The minimum absolute atomic E-state index is 0.0246. The van der Waals surface area contributed by atoms with Crippen LogP contribution in [0.5, 0.6) is 5.75 Å². The van der Waals surface area contributed by atoms with Crippen LogP contribution in [0.25, 0.3) is 0 Å². The van der Waals surface area contributed by atoms with Crippen molar-refractivity contribution in [1.29, 1.82) is 0 Å². The van der Waals surface area contributed by atoms with Crippen molar-refractivity contribution < 1.29 is 9.53 Å². The van der Waals surface area contributed by atoms with E-state index in [0.717, 1.165) is 11.3 Å². The van der Waals surface area contributed by atoms with Gasteiger partial charge in [-0.05, 0) is 38.7 Å². The van der Waals surface area contributed by atoms with Crippen LogP contribution < -0.4 is 4.74 Å². The summed E-state index contributed by atoms with van der Waals surface area (Å²) in [5, 5.41) is 0. The highest BCUT2D eigenvalue weighted by molar-refractivity contribution is 5.55. The minimum atomic E-state index is -0.0246. The van der Waals surface area contributed by atoms with Gasteiger partial charge in [0.25, 0.3) is 0 Å². The number of likely N-dealkylation sites (N-methyl/N-ethyl adjacent to an activating group) is 1. The first-order chi connectivity index (χ1) is 7.60. The van der Waals surface area contributed by atoms with Gasteiger partial charge in [0.1, 0.15) is 11.7 Å². The quantitative estimate of drug-likeness (QED) is 0.726. The van der Waals surface area contributed by atoms with Gasteiger partial charge in [-0.1, -0.05) is 12.1 Å². The summed E-state index contributed by atoms with van der Waals surface area (Å²) in [6.45, 7) is 1.79. The second kappa shape index (κ2) is 5.50. The number of benzene rings is 1. The number of hydrogen-bond acceptors (Lipinski definition) is 3. The van der Waals surface area contributed by atoms with E-state index in [4.69, 9.17) is 4.74 Å². The third kappa shape index (κ3) is 2.72. The SMILES string of the molecule is COc1ccc(C(C(C)=C=O)N(C)C)cc1. The molecular weight excluding hydrogens is 202 g/mol. The molecule has 0 spiro atoms. The fourth-order valence-electron chi connectivity index (χ4n) is 1.78. The summed E-state index contributed by atoms with van der Waals surface area (Å²) in [5.41, 5.74) is 1.74. The zero-order chi connectivity index (χ0) is 12.1. The Kier molecular flexibility index (Phi) is 4.29. The van der Waals surface area contributed by atoms with Crippen LogP contribution >= 0.6 is 0 Å². The molecule has 1 aromatic rings. The molecule has 0 aromatic heterocycles. The highest BCUT2D eigenvalue weighted by atomic mass is 16.5. The summed E-state index contributed by atoms with van der Waals surface area (Å²) in [4.78, 5) is 12.7. The van der Waals surface area contributed by atoms with Crippen LogP contribution in [0.1, 0.15) is 18.5 Å². The smallest absolute Gasteiger partial charge is 0.125 e. The van der Waals surface area contributed by atoms with Crippen LogP contribution in [-0.2, 0) is 4.79 Å². The fourth-order valence-corrected chi connectivity index (χ4v) is 1.78. The van der Waals surface area contributed by atoms with Crippen LogP contribution in [0.15, 0.2) is 29.8 Å². The van der Waals surface area contributed by atoms with Crippen molar-refractivity contribution in [3.63, 3.8) is 0 Å². The molecule has 0 aliphatic heterocycles. The predicted octanol–water partition coefficient (Wildman–Crippen LogP) is 2.08.